The van der Waals surface area contributed by atoms with Crippen LogP contribution in [0.5, 0.6) is 5.75 Å². The first-order chi connectivity index (χ1) is 13.5. The number of benzene rings is 1. The minimum atomic E-state index is 0. The number of rotatable bonds is 8. The van der Waals surface area contributed by atoms with Crippen LogP contribution in [-0.2, 0) is 16.7 Å². The predicted molar refractivity (Wildman–Crippen MR) is 130 cm³/mol. The van der Waals surface area contributed by atoms with Crippen molar-refractivity contribution in [3.8, 4) is 5.75 Å². The highest BCUT2D eigenvalue weighted by Crippen LogP contribution is 2.50. The van der Waals surface area contributed by atoms with Gasteiger partial charge in [0, 0.05) is 44.1 Å². The molecule has 0 radical (unpaired) electrons. The number of guanidine groups is 1. The van der Waals surface area contributed by atoms with Gasteiger partial charge < -0.3 is 19.7 Å². The fourth-order valence-electron chi connectivity index (χ4n) is 3.41. The molecule has 1 aromatic heterocycles. The Morgan fingerprint density at radius 1 is 1.34 bits per heavy atom. The SMILES string of the molecule is CN=C(NCC1(c2ccccc2OC)CC1)N(C)Cc1csc(C(C)OC)n1.I. The number of thiazole rings is 1. The van der Waals surface area contributed by atoms with E-state index in [-0.39, 0.29) is 35.5 Å². The first kappa shape index (κ1) is 23.9. The van der Waals surface area contributed by atoms with Gasteiger partial charge in [0.05, 0.1) is 19.3 Å². The van der Waals surface area contributed by atoms with E-state index in [0.29, 0.717) is 6.54 Å². The second-order valence-corrected chi connectivity index (χ2v) is 8.18. The molecule has 1 aliphatic rings. The lowest BCUT2D eigenvalue weighted by Crippen LogP contribution is -2.42. The summed E-state index contributed by atoms with van der Waals surface area (Å²) in [6, 6.07) is 8.32. The van der Waals surface area contributed by atoms with Crippen LogP contribution in [-0.4, -0.2) is 50.7 Å². The van der Waals surface area contributed by atoms with Gasteiger partial charge in [0.25, 0.3) is 0 Å². The van der Waals surface area contributed by atoms with Gasteiger partial charge in [-0.05, 0) is 25.8 Å². The zero-order valence-electron chi connectivity index (χ0n) is 17.8. The molecule has 160 valence electrons. The number of aliphatic imine (C=N–C) groups is 1. The Morgan fingerprint density at radius 3 is 2.69 bits per heavy atom. The fourth-order valence-corrected chi connectivity index (χ4v) is 4.25. The van der Waals surface area contributed by atoms with Gasteiger partial charge in [0.2, 0.25) is 0 Å². The van der Waals surface area contributed by atoms with Gasteiger partial charge in [-0.25, -0.2) is 4.98 Å². The van der Waals surface area contributed by atoms with Crippen molar-refractivity contribution >= 4 is 41.3 Å². The highest BCUT2D eigenvalue weighted by atomic mass is 127. The number of para-hydroxylation sites is 1. The predicted octanol–water partition coefficient (Wildman–Crippen LogP) is 4.22. The van der Waals surface area contributed by atoms with Crippen LogP contribution in [0.3, 0.4) is 0 Å². The number of ether oxygens (including phenoxy) is 2. The summed E-state index contributed by atoms with van der Waals surface area (Å²) in [5, 5.41) is 6.64. The Bertz CT molecular complexity index is 823. The third-order valence-electron chi connectivity index (χ3n) is 5.36. The summed E-state index contributed by atoms with van der Waals surface area (Å²) in [6.07, 6.45) is 2.34. The molecular formula is C21H31IN4O2S. The summed E-state index contributed by atoms with van der Waals surface area (Å²) in [5.41, 5.74) is 2.44. The summed E-state index contributed by atoms with van der Waals surface area (Å²) in [5.74, 6) is 1.84. The Labute approximate surface area is 194 Å². The third-order valence-corrected chi connectivity index (χ3v) is 6.41. The molecule has 1 heterocycles. The smallest absolute Gasteiger partial charge is 0.193 e. The van der Waals surface area contributed by atoms with Gasteiger partial charge in [-0.3, -0.25) is 4.99 Å². The Morgan fingerprint density at radius 2 is 2.07 bits per heavy atom. The van der Waals surface area contributed by atoms with E-state index in [1.165, 1.54) is 5.56 Å². The highest BCUT2D eigenvalue weighted by molar-refractivity contribution is 14.0. The van der Waals surface area contributed by atoms with Crippen LogP contribution in [0.15, 0.2) is 34.6 Å². The van der Waals surface area contributed by atoms with Crippen molar-refractivity contribution in [2.24, 2.45) is 4.99 Å². The molecule has 1 fully saturated rings. The Hall–Kier alpha value is -1.39. The van der Waals surface area contributed by atoms with E-state index in [1.807, 2.05) is 33.2 Å². The molecule has 1 atom stereocenters. The standard InChI is InChI=1S/C21H30N4O2S.HI/c1-15(26-4)19-24-16(13-28-19)12-25(3)20(22-2)23-14-21(10-11-21)17-8-6-7-9-18(17)27-5;/h6-9,13,15H,10-12,14H2,1-5H3,(H,22,23);1H. The molecule has 0 saturated heterocycles. The van der Waals surface area contributed by atoms with E-state index in [1.54, 1.807) is 25.6 Å². The third kappa shape index (κ3) is 5.61. The Balaban J connectivity index is 0.00000300. The molecular weight excluding hydrogens is 499 g/mol. The number of methoxy groups -OCH3 is 2. The summed E-state index contributed by atoms with van der Waals surface area (Å²) in [4.78, 5) is 11.2. The van der Waals surface area contributed by atoms with Crippen LogP contribution in [0.25, 0.3) is 0 Å². The lowest BCUT2D eigenvalue weighted by molar-refractivity contribution is 0.119. The average Bonchev–Trinajstić information content (AvgIpc) is 3.37. The topological polar surface area (TPSA) is 59.0 Å². The lowest BCUT2D eigenvalue weighted by atomic mass is 9.95. The maximum absolute atomic E-state index is 5.58. The van der Waals surface area contributed by atoms with Gasteiger partial charge >= 0.3 is 0 Å². The molecule has 0 amide bonds. The molecule has 6 nitrogen and oxygen atoms in total. The van der Waals surface area contributed by atoms with Crippen molar-refractivity contribution in [2.75, 3.05) is 34.9 Å². The molecule has 1 saturated carbocycles. The van der Waals surface area contributed by atoms with Gasteiger partial charge in [-0.15, -0.1) is 35.3 Å². The van der Waals surface area contributed by atoms with Crippen molar-refractivity contribution in [2.45, 2.75) is 37.8 Å². The van der Waals surface area contributed by atoms with E-state index in [9.17, 15) is 0 Å². The van der Waals surface area contributed by atoms with Gasteiger partial charge in [0.1, 0.15) is 16.9 Å². The molecule has 1 unspecified atom stereocenters. The highest BCUT2D eigenvalue weighted by Gasteiger charge is 2.46. The quantitative estimate of drug-likeness (QED) is 0.315. The maximum Gasteiger partial charge on any atom is 0.193 e. The van der Waals surface area contributed by atoms with Crippen molar-refractivity contribution in [1.29, 1.82) is 0 Å². The summed E-state index contributed by atoms with van der Waals surface area (Å²) in [7, 11) is 7.30. The van der Waals surface area contributed by atoms with E-state index in [0.717, 1.165) is 41.8 Å². The first-order valence-corrected chi connectivity index (χ1v) is 10.4. The number of halogens is 1. The van der Waals surface area contributed by atoms with E-state index in [4.69, 9.17) is 9.47 Å². The van der Waals surface area contributed by atoms with Crippen molar-refractivity contribution < 1.29 is 9.47 Å². The number of hydrogen-bond acceptors (Lipinski definition) is 5. The molecule has 1 N–H and O–H groups in total. The van der Waals surface area contributed by atoms with Crippen molar-refractivity contribution in [3.63, 3.8) is 0 Å². The van der Waals surface area contributed by atoms with Crippen LogP contribution in [0, 0.1) is 0 Å². The fraction of sp³-hybridized carbons (Fsp3) is 0.524. The van der Waals surface area contributed by atoms with E-state index in [2.05, 4.69) is 37.7 Å². The number of nitrogens with one attached hydrogen (secondary N) is 1. The molecule has 0 spiro atoms. The van der Waals surface area contributed by atoms with E-state index < -0.39 is 0 Å². The van der Waals surface area contributed by atoms with Crippen LogP contribution >= 0.6 is 35.3 Å². The monoisotopic (exact) mass is 530 g/mol. The van der Waals surface area contributed by atoms with Crippen molar-refractivity contribution in [3.05, 3.63) is 45.9 Å². The molecule has 0 bridgehead atoms. The van der Waals surface area contributed by atoms with Crippen LogP contribution in [0.2, 0.25) is 0 Å². The lowest BCUT2D eigenvalue weighted by Gasteiger charge is -2.25. The molecule has 3 rings (SSSR count). The maximum atomic E-state index is 5.58. The van der Waals surface area contributed by atoms with Crippen LogP contribution in [0.1, 0.15) is 42.1 Å². The average molecular weight is 530 g/mol. The van der Waals surface area contributed by atoms with E-state index >= 15 is 0 Å². The minimum Gasteiger partial charge on any atom is -0.496 e. The Kier molecular flexibility index (Phi) is 8.72. The summed E-state index contributed by atoms with van der Waals surface area (Å²) >= 11 is 1.64. The zero-order valence-corrected chi connectivity index (χ0v) is 20.9. The van der Waals surface area contributed by atoms with Gasteiger partial charge in [-0.2, -0.15) is 0 Å². The second-order valence-electron chi connectivity index (χ2n) is 7.29. The summed E-state index contributed by atoms with van der Waals surface area (Å²) in [6.45, 7) is 3.56. The molecule has 1 aliphatic carbocycles. The zero-order chi connectivity index (χ0) is 20.1. The van der Waals surface area contributed by atoms with Gasteiger partial charge in [0.15, 0.2) is 5.96 Å². The normalized spacial score (nSPS) is 16.0. The van der Waals surface area contributed by atoms with Crippen LogP contribution < -0.4 is 10.1 Å². The number of hydrogen-bond donors (Lipinski definition) is 1. The molecule has 8 heteroatoms. The molecule has 29 heavy (non-hydrogen) atoms. The second kappa shape index (κ2) is 10.6. The first-order valence-electron chi connectivity index (χ1n) is 9.55. The molecule has 0 aliphatic heterocycles. The van der Waals surface area contributed by atoms with Crippen LogP contribution in [0.4, 0.5) is 0 Å². The molecule has 1 aromatic carbocycles. The molecule has 2 aromatic rings. The number of nitrogens with zero attached hydrogens (tertiary/aromatic N) is 3. The summed E-state index contributed by atoms with van der Waals surface area (Å²) < 4.78 is 10.9. The van der Waals surface area contributed by atoms with Crippen molar-refractivity contribution in [1.82, 2.24) is 15.2 Å². The largest absolute Gasteiger partial charge is 0.496 e. The minimum absolute atomic E-state index is 0. The van der Waals surface area contributed by atoms with Gasteiger partial charge in [-0.1, -0.05) is 18.2 Å². The number of aromatic nitrogens is 1.